The highest BCUT2D eigenvalue weighted by Crippen LogP contribution is 2.13. The highest BCUT2D eigenvalue weighted by atomic mass is 19.4. The van der Waals surface area contributed by atoms with Crippen LogP contribution in [0.5, 0.6) is 0 Å². The van der Waals surface area contributed by atoms with Crippen molar-refractivity contribution in [2.24, 2.45) is 0 Å². The second kappa shape index (κ2) is 33.3. The van der Waals surface area contributed by atoms with Gasteiger partial charge in [-0.2, -0.15) is 23.1 Å². The lowest BCUT2D eigenvalue weighted by Crippen LogP contribution is -2.13. The molecule has 0 bridgehead atoms. The molecule has 0 amide bonds. The Morgan fingerprint density at radius 2 is 1.29 bits per heavy atom. The van der Waals surface area contributed by atoms with Gasteiger partial charge in [-0.3, -0.25) is 9.09 Å². The third-order valence-electron chi connectivity index (χ3n) is 0.436. The maximum Gasteiger partial charge on any atom is 0.483 e. The lowest BCUT2D eigenvalue weighted by molar-refractivity contribution is -0.245. The lowest BCUT2D eigenvalue weighted by Gasteiger charge is -1.97. The van der Waals surface area contributed by atoms with Crippen LogP contribution in [0.25, 0.3) is 0 Å². The molecule has 0 aromatic rings. The monoisotopic (exact) mass is 404 g/mol. The third kappa shape index (κ3) is 179. The Hall–Kier alpha value is -1.32. The number of rotatable bonds is 3. The zero-order valence-electron chi connectivity index (χ0n) is 11.6. The van der Waals surface area contributed by atoms with Gasteiger partial charge < -0.3 is 0 Å². The van der Waals surface area contributed by atoms with Crippen molar-refractivity contribution >= 4 is 6.29 Å². The van der Waals surface area contributed by atoms with Crippen LogP contribution in [0.2, 0.25) is 0 Å². The van der Waals surface area contributed by atoms with Gasteiger partial charge in [-0.25, -0.2) is 22.4 Å². The molecule has 154 valence electrons. The fourth-order valence-corrected chi connectivity index (χ4v) is 0.0857. The molecule has 0 saturated carbocycles. The van der Waals surface area contributed by atoms with E-state index in [1.807, 2.05) is 0 Å². The molecule has 1 atom stereocenters. The van der Waals surface area contributed by atoms with Gasteiger partial charge in [-0.1, -0.05) is 0 Å². The summed E-state index contributed by atoms with van der Waals surface area (Å²) in [5, 5.41) is 0. The van der Waals surface area contributed by atoms with Gasteiger partial charge in [0.1, 0.15) is 6.67 Å². The molecule has 0 radical (unpaired) electrons. The molecule has 24 heavy (non-hydrogen) atoms. The van der Waals surface area contributed by atoms with Crippen LogP contribution in [0.15, 0.2) is 0 Å². The highest BCUT2D eigenvalue weighted by Gasteiger charge is 2.27. The first-order valence-corrected chi connectivity index (χ1v) is 4.74. The normalized spacial score (nSPS) is 9.71. The van der Waals surface area contributed by atoms with Crippen LogP contribution in [-0.4, -0.2) is 45.7 Å². The molecule has 0 spiro atoms. The fourth-order valence-electron chi connectivity index (χ4n) is 0.0857. The summed E-state index contributed by atoms with van der Waals surface area (Å²) in [5.41, 5.74) is 0. The second-order valence-corrected chi connectivity index (χ2v) is 2.12. The van der Waals surface area contributed by atoms with Gasteiger partial charge in [-0.15, -0.1) is 8.78 Å². The van der Waals surface area contributed by atoms with Gasteiger partial charge >= 0.3 is 12.5 Å². The van der Waals surface area contributed by atoms with Crippen LogP contribution >= 0.6 is 0 Å². The van der Waals surface area contributed by atoms with E-state index in [1.54, 1.807) is 0 Å². The van der Waals surface area contributed by atoms with E-state index in [4.69, 9.17) is 4.79 Å². The summed E-state index contributed by atoms with van der Waals surface area (Å²) in [6.07, 6.45) is -9.78. The van der Waals surface area contributed by atoms with E-state index >= 15 is 0 Å². The Labute approximate surface area is 126 Å². The molecular weight excluding hydrogens is 391 g/mol. The summed E-state index contributed by atoms with van der Waals surface area (Å²) in [6.45, 7) is -3.80. The van der Waals surface area contributed by atoms with E-state index in [0.717, 1.165) is 0 Å². The van der Waals surface area contributed by atoms with Crippen molar-refractivity contribution in [1.29, 1.82) is 0 Å². The van der Waals surface area contributed by atoms with Crippen LogP contribution in [0.4, 0.5) is 62.5 Å². The molecule has 16 heteroatoms. The first-order chi connectivity index (χ1) is 10.4. The van der Waals surface area contributed by atoms with Gasteiger partial charge in [-0.05, 0) is 16.0 Å². The molecule has 0 aliphatic carbocycles. The van der Waals surface area contributed by atoms with Crippen LogP contribution in [-0.2, 0) is 9.88 Å². The van der Waals surface area contributed by atoms with E-state index in [9.17, 15) is 53.0 Å². The van der Waals surface area contributed by atoms with E-state index in [1.165, 1.54) is 6.92 Å². The van der Waals surface area contributed by atoms with Crippen LogP contribution in [0.1, 0.15) is 6.92 Å². The number of hydrogen-bond donors (Lipinski definition) is 0. The minimum Gasteiger partial charge on any atom is -0.269 e. The first-order valence-electron chi connectivity index (χ1n) is 4.74. The number of carbonyl (C=O) groups excluding carboxylic acids is 1. The average molecular weight is 404 g/mol. The molecular formula is C8H13F13O3. The summed E-state index contributed by atoms with van der Waals surface area (Å²) < 4.78 is 123. The molecule has 0 heterocycles. The third-order valence-corrected chi connectivity index (χ3v) is 0.436. The fraction of sp³-hybridized carbons (Fsp3) is 0.875. The number of carbonyl (C=O) groups is 1. The van der Waals surface area contributed by atoms with Crippen molar-refractivity contribution in [3.63, 3.8) is 0 Å². The maximum absolute atomic E-state index is 10.9. The van der Waals surface area contributed by atoms with E-state index in [2.05, 4.69) is 9.88 Å². The smallest absolute Gasteiger partial charge is 0.269 e. The Morgan fingerprint density at radius 3 is 1.29 bits per heavy atom. The molecule has 1 unspecified atom stereocenters. The topological polar surface area (TPSA) is 35.5 Å². The van der Waals surface area contributed by atoms with Crippen LogP contribution < -0.4 is 0 Å². The maximum atomic E-state index is 10.9. The largest absolute Gasteiger partial charge is 0.483 e. The first kappa shape index (κ1) is 38.3. The zero-order valence-corrected chi connectivity index (χ0v) is 11.6. The predicted molar refractivity (Wildman–Crippen MR) is 55.0 cm³/mol. The molecule has 3 nitrogen and oxygen atoms in total. The summed E-state index contributed by atoms with van der Waals surface area (Å²) in [5.74, 6) is 0. The van der Waals surface area contributed by atoms with Crippen molar-refractivity contribution in [1.82, 2.24) is 0 Å². The summed E-state index contributed by atoms with van der Waals surface area (Å²) in [7, 11) is 0. The van der Waals surface area contributed by atoms with Gasteiger partial charge in [0.2, 0.25) is 6.93 Å². The molecule has 0 rings (SSSR count). The van der Waals surface area contributed by atoms with Crippen molar-refractivity contribution in [2.75, 3.05) is 26.9 Å². The lowest BCUT2D eigenvalue weighted by atomic mass is 10.7. The summed E-state index contributed by atoms with van der Waals surface area (Å²) in [6, 6.07) is 0. The van der Waals surface area contributed by atoms with E-state index in [0.29, 0.717) is 0 Å². The van der Waals surface area contributed by atoms with E-state index < -0.39 is 39.0 Å². The number of alkyl halides is 8. The van der Waals surface area contributed by atoms with Crippen LogP contribution in [0, 0.1) is 0 Å². The molecule has 0 aromatic carbocycles. The summed E-state index contributed by atoms with van der Waals surface area (Å²) in [4.78, 5) is 12.8. The Morgan fingerprint density at radius 1 is 1.04 bits per heavy atom. The second-order valence-electron chi connectivity index (χ2n) is 2.12. The zero-order chi connectivity index (χ0) is 19.9. The number of halogens is 13. The minimum atomic E-state index is -4.55. The molecule has 0 saturated heterocycles. The van der Waals surface area contributed by atoms with E-state index in [-0.39, 0.29) is 11.4 Å². The number of hydrogen-bond acceptors (Lipinski definition) is 3. The van der Waals surface area contributed by atoms with Crippen molar-refractivity contribution in [3.05, 3.63) is 0 Å². The molecule has 0 N–H and O–H groups in total. The van der Waals surface area contributed by atoms with Crippen LogP contribution in [0.3, 0.4) is 0 Å². The standard InChI is InChI=1S/C2H2F4O.C2H3F3O.C2H5F.CF2O.CH2F2.FH/c3-2(4,5)1-7-6;3-1-2(4)6-5;1-2-3;2-1(3)4;2-1-3;/h1H2;2H,1H2;2H2,1H3;;1H2;1H. The van der Waals surface area contributed by atoms with Gasteiger partial charge in [0.15, 0.2) is 6.61 Å². The Bertz CT molecular complexity index is 194. The molecule has 0 aromatic heterocycles. The summed E-state index contributed by atoms with van der Waals surface area (Å²) >= 11 is 0. The Kier molecular flexibility index (Phi) is 53.2. The minimum absolute atomic E-state index is 0. The molecule has 0 aliphatic heterocycles. The van der Waals surface area contributed by atoms with Crippen molar-refractivity contribution < 1.29 is 72.3 Å². The molecule has 0 aliphatic rings. The average Bonchev–Trinajstić information content (AvgIpc) is 2.38. The SMILES string of the molecule is CCF.F.FCC(F)OF.FCF.FOCC(F)(F)F.O=C(F)F. The van der Waals surface area contributed by atoms with Gasteiger partial charge in [0.05, 0.1) is 6.67 Å². The van der Waals surface area contributed by atoms with Gasteiger partial charge in [0, 0.05) is 0 Å². The van der Waals surface area contributed by atoms with Gasteiger partial charge in [0.25, 0.3) is 6.36 Å². The Balaban J connectivity index is -0.0000000437. The highest BCUT2D eigenvalue weighted by molar-refractivity contribution is 5.55. The quantitative estimate of drug-likeness (QED) is 0.450. The molecule has 0 fully saturated rings. The predicted octanol–water partition coefficient (Wildman–Crippen LogP) is 5.66. The van der Waals surface area contributed by atoms with Crippen molar-refractivity contribution in [3.8, 4) is 0 Å². The van der Waals surface area contributed by atoms with Crippen molar-refractivity contribution in [2.45, 2.75) is 19.5 Å².